The van der Waals surface area contributed by atoms with Crippen molar-refractivity contribution in [2.45, 2.75) is 36.6 Å². The van der Waals surface area contributed by atoms with Crippen LogP contribution in [0.15, 0.2) is 35.2 Å². The van der Waals surface area contributed by atoms with Crippen molar-refractivity contribution >= 4 is 23.6 Å². The van der Waals surface area contributed by atoms with Gasteiger partial charge in [-0.25, -0.2) is 0 Å². The van der Waals surface area contributed by atoms with Crippen LogP contribution in [0.3, 0.4) is 0 Å². The lowest BCUT2D eigenvalue weighted by Crippen LogP contribution is -2.45. The number of carbonyl (C=O) groups excluding carboxylic acids is 1. The number of benzene rings is 1. The summed E-state index contributed by atoms with van der Waals surface area (Å²) in [7, 11) is 0. The summed E-state index contributed by atoms with van der Waals surface area (Å²) >= 11 is 1.47. The summed E-state index contributed by atoms with van der Waals surface area (Å²) in [5, 5.41) is 12.1. The van der Waals surface area contributed by atoms with Gasteiger partial charge < -0.3 is 10.4 Å². The van der Waals surface area contributed by atoms with Crippen LogP contribution >= 0.6 is 11.8 Å². The van der Waals surface area contributed by atoms with E-state index in [2.05, 4.69) is 5.32 Å². The summed E-state index contributed by atoms with van der Waals surface area (Å²) in [4.78, 5) is 24.1. The van der Waals surface area contributed by atoms with Gasteiger partial charge in [-0.05, 0) is 25.0 Å². The van der Waals surface area contributed by atoms with Gasteiger partial charge in [0.25, 0.3) is 0 Å². The Morgan fingerprint density at radius 2 is 1.90 bits per heavy atom. The molecule has 20 heavy (non-hydrogen) atoms. The lowest BCUT2D eigenvalue weighted by molar-refractivity contribution is -0.144. The largest absolute Gasteiger partial charge is 0.481 e. The highest BCUT2D eigenvalue weighted by atomic mass is 32.2. The van der Waals surface area contributed by atoms with E-state index >= 15 is 0 Å². The third-order valence-corrected chi connectivity index (χ3v) is 4.55. The van der Waals surface area contributed by atoms with Gasteiger partial charge in [-0.3, -0.25) is 9.59 Å². The van der Waals surface area contributed by atoms with Crippen molar-refractivity contribution in [3.05, 3.63) is 30.3 Å². The number of hydrogen-bond acceptors (Lipinski definition) is 3. The number of hydrogen-bond donors (Lipinski definition) is 2. The molecule has 0 heterocycles. The molecule has 0 aliphatic heterocycles. The smallest absolute Gasteiger partial charge is 0.308 e. The third kappa shape index (κ3) is 4.27. The standard InChI is InChI=1S/C15H19NO3S/c17-14(10-20-11-6-2-1-3-7-11)16-13-9-5-4-8-12(13)15(18)19/h1-3,6-7,12-13H,4-5,8-10H2,(H,16,17)(H,18,19)/t12-,13-/m1/s1. The first-order chi connectivity index (χ1) is 9.66. The zero-order chi connectivity index (χ0) is 14.4. The number of amides is 1. The minimum atomic E-state index is -0.800. The molecule has 1 aromatic carbocycles. The van der Waals surface area contributed by atoms with E-state index in [4.69, 9.17) is 0 Å². The van der Waals surface area contributed by atoms with Crippen LogP contribution in [-0.2, 0) is 9.59 Å². The van der Waals surface area contributed by atoms with E-state index in [1.807, 2.05) is 30.3 Å². The fourth-order valence-corrected chi connectivity index (χ4v) is 3.24. The summed E-state index contributed by atoms with van der Waals surface area (Å²) in [6.07, 6.45) is 3.34. The molecule has 1 aliphatic carbocycles. The maximum absolute atomic E-state index is 11.9. The minimum Gasteiger partial charge on any atom is -0.481 e. The Bertz CT molecular complexity index is 463. The average molecular weight is 293 g/mol. The number of carboxylic acid groups (broad SMARTS) is 1. The van der Waals surface area contributed by atoms with Gasteiger partial charge in [-0.2, -0.15) is 0 Å². The number of carboxylic acids is 1. The van der Waals surface area contributed by atoms with Crippen molar-refractivity contribution < 1.29 is 14.7 Å². The second-order valence-corrected chi connectivity index (χ2v) is 6.05. The molecule has 0 spiro atoms. The summed E-state index contributed by atoms with van der Waals surface area (Å²) in [6.45, 7) is 0. The molecular weight excluding hydrogens is 274 g/mol. The van der Waals surface area contributed by atoms with Crippen LogP contribution in [0.4, 0.5) is 0 Å². The SMILES string of the molecule is O=C(CSc1ccccc1)N[C@@H]1CCCC[C@H]1C(=O)O. The lowest BCUT2D eigenvalue weighted by atomic mass is 9.84. The van der Waals surface area contributed by atoms with E-state index in [0.717, 1.165) is 24.2 Å². The Morgan fingerprint density at radius 3 is 2.60 bits per heavy atom. The predicted molar refractivity (Wildman–Crippen MR) is 78.7 cm³/mol. The van der Waals surface area contributed by atoms with Gasteiger partial charge in [0.15, 0.2) is 0 Å². The molecule has 1 aliphatic rings. The van der Waals surface area contributed by atoms with Crippen molar-refractivity contribution in [2.75, 3.05) is 5.75 Å². The number of rotatable bonds is 5. The molecule has 0 saturated heterocycles. The highest BCUT2D eigenvalue weighted by Gasteiger charge is 2.31. The second-order valence-electron chi connectivity index (χ2n) is 5.00. The van der Waals surface area contributed by atoms with E-state index in [-0.39, 0.29) is 11.9 Å². The summed E-state index contributed by atoms with van der Waals surface area (Å²) in [5.41, 5.74) is 0. The van der Waals surface area contributed by atoms with Gasteiger partial charge in [0.1, 0.15) is 0 Å². The highest BCUT2D eigenvalue weighted by molar-refractivity contribution is 8.00. The quantitative estimate of drug-likeness (QED) is 0.819. The van der Waals surface area contributed by atoms with E-state index < -0.39 is 11.9 Å². The Balaban J connectivity index is 1.82. The first-order valence-corrected chi connectivity index (χ1v) is 7.85. The molecule has 0 unspecified atom stereocenters. The van der Waals surface area contributed by atoms with E-state index in [1.165, 1.54) is 11.8 Å². The molecule has 1 aromatic rings. The van der Waals surface area contributed by atoms with E-state index in [9.17, 15) is 14.7 Å². The minimum absolute atomic E-state index is 0.0861. The van der Waals surface area contributed by atoms with Crippen molar-refractivity contribution in [2.24, 2.45) is 5.92 Å². The molecule has 1 fully saturated rings. The molecular formula is C15H19NO3S. The van der Waals surface area contributed by atoms with Gasteiger partial charge >= 0.3 is 5.97 Å². The van der Waals surface area contributed by atoms with Crippen LogP contribution in [0.1, 0.15) is 25.7 Å². The molecule has 1 saturated carbocycles. The first kappa shape index (κ1) is 14.9. The maximum atomic E-state index is 11.9. The number of aliphatic carboxylic acids is 1. The van der Waals surface area contributed by atoms with Gasteiger partial charge in [-0.1, -0.05) is 31.0 Å². The highest BCUT2D eigenvalue weighted by Crippen LogP contribution is 2.25. The van der Waals surface area contributed by atoms with Gasteiger partial charge in [0.2, 0.25) is 5.91 Å². The average Bonchev–Trinajstić information content (AvgIpc) is 2.46. The number of nitrogens with one attached hydrogen (secondary N) is 1. The first-order valence-electron chi connectivity index (χ1n) is 6.87. The van der Waals surface area contributed by atoms with Crippen LogP contribution in [0.2, 0.25) is 0 Å². The molecule has 2 atom stereocenters. The van der Waals surface area contributed by atoms with Crippen molar-refractivity contribution in [1.29, 1.82) is 0 Å². The molecule has 4 nitrogen and oxygen atoms in total. The topological polar surface area (TPSA) is 66.4 Å². The fraction of sp³-hybridized carbons (Fsp3) is 0.467. The van der Waals surface area contributed by atoms with Crippen LogP contribution in [0.5, 0.6) is 0 Å². The summed E-state index contributed by atoms with van der Waals surface area (Å²) < 4.78 is 0. The Morgan fingerprint density at radius 1 is 1.20 bits per heavy atom. The molecule has 0 radical (unpaired) electrons. The Hall–Kier alpha value is -1.49. The fourth-order valence-electron chi connectivity index (χ4n) is 2.51. The van der Waals surface area contributed by atoms with Crippen molar-refractivity contribution in [3.8, 4) is 0 Å². The molecule has 5 heteroatoms. The van der Waals surface area contributed by atoms with Crippen molar-refractivity contribution in [3.63, 3.8) is 0 Å². The van der Waals surface area contributed by atoms with Gasteiger partial charge in [0.05, 0.1) is 11.7 Å². The number of thioether (sulfide) groups is 1. The predicted octanol–water partition coefficient (Wildman–Crippen LogP) is 2.54. The number of carbonyl (C=O) groups is 2. The molecule has 108 valence electrons. The van der Waals surface area contributed by atoms with E-state index in [1.54, 1.807) is 0 Å². The van der Waals surface area contributed by atoms with Crippen LogP contribution < -0.4 is 5.32 Å². The van der Waals surface area contributed by atoms with E-state index in [0.29, 0.717) is 12.2 Å². The Kier molecular flexibility index (Phi) is 5.47. The summed E-state index contributed by atoms with van der Waals surface area (Å²) in [5.74, 6) is -0.996. The third-order valence-electron chi connectivity index (χ3n) is 3.54. The van der Waals surface area contributed by atoms with Crippen molar-refractivity contribution in [1.82, 2.24) is 5.32 Å². The zero-order valence-corrected chi connectivity index (χ0v) is 12.1. The molecule has 2 rings (SSSR count). The van der Waals surface area contributed by atoms with Gasteiger partial charge in [0, 0.05) is 10.9 Å². The lowest BCUT2D eigenvalue weighted by Gasteiger charge is -2.29. The summed E-state index contributed by atoms with van der Waals surface area (Å²) in [6, 6.07) is 9.50. The molecule has 1 amide bonds. The van der Waals surface area contributed by atoms with Crippen LogP contribution in [0.25, 0.3) is 0 Å². The van der Waals surface area contributed by atoms with Gasteiger partial charge in [-0.15, -0.1) is 11.8 Å². The Labute approximate surface area is 123 Å². The molecule has 2 N–H and O–H groups in total. The molecule has 0 aromatic heterocycles. The second kappa shape index (κ2) is 7.33. The maximum Gasteiger partial charge on any atom is 0.308 e. The van der Waals surface area contributed by atoms with Crippen LogP contribution in [0, 0.1) is 5.92 Å². The van der Waals surface area contributed by atoms with Crippen LogP contribution in [-0.4, -0.2) is 28.8 Å². The normalized spacial score (nSPS) is 22.2. The monoisotopic (exact) mass is 293 g/mol. The zero-order valence-electron chi connectivity index (χ0n) is 11.2. The molecule has 0 bridgehead atoms.